The Kier molecular flexibility index (Phi) is 6.39. The summed E-state index contributed by atoms with van der Waals surface area (Å²) < 4.78 is 2.04. The Bertz CT molecular complexity index is 899. The summed E-state index contributed by atoms with van der Waals surface area (Å²) >= 11 is 0. The number of imidazole rings is 1. The lowest BCUT2D eigenvalue weighted by Gasteiger charge is -2.12. The molecule has 0 aromatic carbocycles. The minimum absolute atomic E-state index is 0.182. The van der Waals surface area contributed by atoms with E-state index in [1.54, 1.807) is 12.7 Å². The van der Waals surface area contributed by atoms with Crippen LogP contribution in [0, 0.1) is 5.92 Å². The van der Waals surface area contributed by atoms with Crippen LogP contribution in [0.2, 0.25) is 0 Å². The highest BCUT2D eigenvalue weighted by molar-refractivity contribution is 5.83. The fourth-order valence-corrected chi connectivity index (χ4v) is 3.06. The van der Waals surface area contributed by atoms with Crippen LogP contribution in [0.4, 0.5) is 5.82 Å². The molecule has 11 heteroatoms. The van der Waals surface area contributed by atoms with Gasteiger partial charge in [-0.15, -0.1) is 0 Å². The van der Waals surface area contributed by atoms with E-state index < -0.39 is 11.9 Å². The minimum atomic E-state index is -1.08. The Hall–Kier alpha value is -3.05. The number of hydrogen-bond donors (Lipinski definition) is 5. The summed E-state index contributed by atoms with van der Waals surface area (Å²) in [5.74, 6) is -1.19. The number of carboxylic acids is 2. The van der Waals surface area contributed by atoms with Gasteiger partial charge >= 0.3 is 11.9 Å². The lowest BCUT2D eigenvalue weighted by atomic mass is 10.1. The van der Waals surface area contributed by atoms with Gasteiger partial charge < -0.3 is 30.9 Å². The third kappa shape index (κ3) is 5.27. The maximum Gasteiger partial charge on any atom is 0.303 e. The number of rotatable bonds is 7. The van der Waals surface area contributed by atoms with Gasteiger partial charge in [-0.05, 0) is 12.8 Å². The first kappa shape index (κ1) is 20.7. The predicted octanol–water partition coefficient (Wildman–Crippen LogP) is 0.383. The van der Waals surface area contributed by atoms with Crippen molar-refractivity contribution in [2.45, 2.75) is 43.8 Å². The van der Waals surface area contributed by atoms with E-state index in [0.717, 1.165) is 29.8 Å². The molecule has 0 bridgehead atoms. The smallest absolute Gasteiger partial charge is 0.303 e. The number of hydrogen-bond acceptors (Lipinski definition) is 8. The Morgan fingerprint density at radius 2 is 1.83 bits per heavy atom. The van der Waals surface area contributed by atoms with Gasteiger partial charge in [-0.25, -0.2) is 15.0 Å². The predicted molar refractivity (Wildman–Crippen MR) is 103 cm³/mol. The number of aliphatic hydroxyl groups excluding tert-OH is 1. The molecule has 4 atom stereocenters. The molecular formula is C18H24N6O5. The van der Waals surface area contributed by atoms with Gasteiger partial charge in [0.1, 0.15) is 11.8 Å². The first-order valence-electron chi connectivity index (χ1n) is 9.31. The average molecular weight is 404 g/mol. The van der Waals surface area contributed by atoms with E-state index >= 15 is 0 Å². The van der Waals surface area contributed by atoms with Gasteiger partial charge in [0.2, 0.25) is 0 Å². The molecule has 0 spiro atoms. The molecule has 1 saturated carbocycles. The molecule has 156 valence electrons. The first-order valence-corrected chi connectivity index (χ1v) is 9.31. The van der Waals surface area contributed by atoms with E-state index in [0.29, 0.717) is 6.04 Å². The number of aliphatic carboxylic acids is 2. The minimum Gasteiger partial charge on any atom is -0.481 e. The molecule has 29 heavy (non-hydrogen) atoms. The van der Waals surface area contributed by atoms with Crippen LogP contribution in [-0.2, 0) is 9.59 Å². The van der Waals surface area contributed by atoms with Crippen LogP contribution in [-0.4, -0.2) is 65.5 Å². The molecule has 2 aromatic rings. The van der Waals surface area contributed by atoms with Crippen molar-refractivity contribution in [1.29, 1.82) is 0 Å². The van der Waals surface area contributed by atoms with Crippen LogP contribution in [0.15, 0.2) is 24.8 Å². The largest absolute Gasteiger partial charge is 0.481 e. The van der Waals surface area contributed by atoms with Crippen molar-refractivity contribution in [3.63, 3.8) is 0 Å². The summed E-state index contributed by atoms with van der Waals surface area (Å²) in [7, 11) is 0. The van der Waals surface area contributed by atoms with Crippen molar-refractivity contribution in [2.75, 3.05) is 11.9 Å². The molecule has 0 amide bonds. The second-order valence-electron chi connectivity index (χ2n) is 7.11. The monoisotopic (exact) mass is 404 g/mol. The highest BCUT2D eigenvalue weighted by Crippen LogP contribution is 2.31. The normalized spacial score (nSPS) is 24.8. The molecule has 11 nitrogen and oxygen atoms in total. The summed E-state index contributed by atoms with van der Waals surface area (Å²) in [6.07, 6.45) is 8.77. The standard InChI is InChI=1S/C14H18N6O.C4H6O4/c15-10-4-11(10)19-13-12-14(17-6-16-13)20(7-18-12)9-2-1-8(3-9)5-21;5-3(6)1-2-4(7)8/h1-2,6-11,21H,3-5,15H2,(H,16,17,19);1-2H2,(H,5,6)(H,7,8)/t8-,9+,10?,11?;/m1./s1. The maximum atomic E-state index is 9.64. The van der Waals surface area contributed by atoms with Gasteiger partial charge in [-0.2, -0.15) is 0 Å². The van der Waals surface area contributed by atoms with E-state index in [2.05, 4.69) is 32.4 Å². The Morgan fingerprint density at radius 3 is 2.38 bits per heavy atom. The van der Waals surface area contributed by atoms with Crippen molar-refractivity contribution in [3.05, 3.63) is 24.8 Å². The van der Waals surface area contributed by atoms with Crippen molar-refractivity contribution in [1.82, 2.24) is 19.5 Å². The molecule has 2 heterocycles. The highest BCUT2D eigenvalue weighted by atomic mass is 16.4. The summed E-state index contributed by atoms with van der Waals surface area (Å²) in [4.78, 5) is 32.4. The molecule has 4 rings (SSSR count). The number of aromatic nitrogens is 4. The Balaban J connectivity index is 0.000000258. The fourth-order valence-electron chi connectivity index (χ4n) is 3.06. The number of anilines is 1. The van der Waals surface area contributed by atoms with E-state index in [1.165, 1.54) is 0 Å². The van der Waals surface area contributed by atoms with Crippen LogP contribution >= 0.6 is 0 Å². The Labute approximate surface area is 166 Å². The van der Waals surface area contributed by atoms with Crippen LogP contribution in [0.5, 0.6) is 0 Å². The number of carbonyl (C=O) groups is 2. The zero-order valence-corrected chi connectivity index (χ0v) is 15.7. The number of fused-ring (bicyclic) bond motifs is 1. The van der Waals surface area contributed by atoms with Crippen molar-refractivity contribution < 1.29 is 24.9 Å². The molecule has 6 N–H and O–H groups in total. The van der Waals surface area contributed by atoms with E-state index in [9.17, 15) is 14.7 Å². The lowest BCUT2D eigenvalue weighted by molar-refractivity contribution is -0.143. The molecule has 2 unspecified atom stereocenters. The zero-order valence-electron chi connectivity index (χ0n) is 15.7. The molecule has 0 radical (unpaired) electrons. The summed E-state index contributed by atoms with van der Waals surface area (Å²) in [6.45, 7) is 0.182. The molecule has 0 aliphatic heterocycles. The number of allylic oxidation sites excluding steroid dienone is 1. The van der Waals surface area contributed by atoms with Crippen LogP contribution in [0.3, 0.4) is 0 Å². The molecular weight excluding hydrogens is 380 g/mol. The molecule has 2 aliphatic rings. The van der Waals surface area contributed by atoms with E-state index in [-0.39, 0.29) is 37.5 Å². The second-order valence-corrected chi connectivity index (χ2v) is 7.11. The SMILES string of the molecule is NC1CC1Nc1ncnc2c1ncn2[C@H]1C=C[C@@H](CO)C1.O=C(O)CCC(=O)O. The van der Waals surface area contributed by atoms with Gasteiger partial charge in [0.15, 0.2) is 11.5 Å². The third-order valence-corrected chi connectivity index (χ3v) is 4.81. The van der Waals surface area contributed by atoms with E-state index in [4.69, 9.17) is 15.9 Å². The second kappa shape index (κ2) is 8.97. The van der Waals surface area contributed by atoms with Crippen molar-refractivity contribution >= 4 is 28.9 Å². The van der Waals surface area contributed by atoms with Gasteiger partial charge in [-0.3, -0.25) is 9.59 Å². The van der Waals surface area contributed by atoms with Crippen molar-refractivity contribution in [2.24, 2.45) is 11.7 Å². The molecule has 2 aliphatic carbocycles. The van der Waals surface area contributed by atoms with E-state index in [1.807, 2.05) is 4.57 Å². The van der Waals surface area contributed by atoms with Crippen LogP contribution < -0.4 is 11.1 Å². The zero-order chi connectivity index (χ0) is 21.0. The fraction of sp³-hybridized carbons (Fsp3) is 0.500. The Morgan fingerprint density at radius 1 is 1.14 bits per heavy atom. The number of nitrogens with zero attached hydrogens (tertiary/aromatic N) is 4. The highest BCUT2D eigenvalue weighted by Gasteiger charge is 2.34. The van der Waals surface area contributed by atoms with Crippen LogP contribution in [0.25, 0.3) is 11.2 Å². The number of aliphatic hydroxyl groups is 1. The number of carboxylic acid groups (broad SMARTS) is 2. The number of nitrogens with two attached hydrogens (primary N) is 1. The van der Waals surface area contributed by atoms with Gasteiger partial charge in [0, 0.05) is 24.6 Å². The summed E-state index contributed by atoms with van der Waals surface area (Å²) in [5.41, 5.74) is 7.42. The van der Waals surface area contributed by atoms with Gasteiger partial charge in [0.05, 0.1) is 25.2 Å². The number of nitrogens with one attached hydrogen (secondary N) is 1. The van der Waals surface area contributed by atoms with Crippen molar-refractivity contribution in [3.8, 4) is 0 Å². The van der Waals surface area contributed by atoms with Gasteiger partial charge in [0.25, 0.3) is 0 Å². The molecule has 2 aromatic heterocycles. The van der Waals surface area contributed by atoms with Crippen LogP contribution in [0.1, 0.15) is 31.7 Å². The quantitative estimate of drug-likeness (QED) is 0.405. The topological polar surface area (TPSA) is 176 Å². The third-order valence-electron chi connectivity index (χ3n) is 4.81. The molecule has 1 fully saturated rings. The summed E-state index contributed by atoms with van der Waals surface area (Å²) in [6, 6.07) is 0.691. The average Bonchev–Trinajstić information content (AvgIpc) is 3.09. The lowest BCUT2D eigenvalue weighted by Crippen LogP contribution is -2.14. The first-order chi connectivity index (χ1) is 13.9. The maximum absolute atomic E-state index is 9.64. The van der Waals surface area contributed by atoms with Gasteiger partial charge in [-0.1, -0.05) is 12.2 Å². The summed E-state index contributed by atoms with van der Waals surface area (Å²) in [5, 5.41) is 28.4. The molecule has 0 saturated heterocycles.